The number of esters is 1. The number of methoxy groups -OCH3 is 1. The zero-order valence-electron chi connectivity index (χ0n) is 15.0. The maximum absolute atomic E-state index is 12.5. The van der Waals surface area contributed by atoms with Crippen molar-refractivity contribution < 1.29 is 24.1 Å². The van der Waals surface area contributed by atoms with Crippen LogP contribution in [0.2, 0.25) is 5.02 Å². The lowest BCUT2D eigenvalue weighted by Gasteiger charge is -2.32. The van der Waals surface area contributed by atoms with Crippen LogP contribution in [0.1, 0.15) is 11.6 Å². The van der Waals surface area contributed by atoms with Crippen molar-refractivity contribution in [2.75, 3.05) is 46.9 Å². The lowest BCUT2D eigenvalue weighted by Crippen LogP contribution is -3.27. The zero-order valence-corrected chi connectivity index (χ0v) is 15.8. The second kappa shape index (κ2) is 8.07. The molecule has 0 saturated carbocycles. The van der Waals surface area contributed by atoms with Gasteiger partial charge < -0.3 is 25.2 Å². The average molecular weight is 381 g/mol. The molecule has 1 aromatic carbocycles. The molecule has 0 aromatic heterocycles. The lowest BCUT2D eigenvalue weighted by molar-refractivity contribution is -1.00. The maximum Gasteiger partial charge on any atom is 0.338 e. The van der Waals surface area contributed by atoms with Gasteiger partial charge in [-0.2, -0.15) is 0 Å². The van der Waals surface area contributed by atoms with E-state index in [9.17, 15) is 9.59 Å². The normalized spacial score (nSPS) is 26.1. The number of carbonyl (C=O) groups excluding carboxylic acids is 2. The van der Waals surface area contributed by atoms with E-state index in [1.165, 1.54) is 16.9 Å². The molecule has 1 fully saturated rings. The quantitative estimate of drug-likeness (QED) is 0.482. The van der Waals surface area contributed by atoms with Crippen molar-refractivity contribution in [2.45, 2.75) is 6.04 Å². The van der Waals surface area contributed by atoms with E-state index in [1.54, 1.807) is 12.1 Å². The standard InChI is InChI=1S/C18H23ClN4O3/c1-22-7-9-23(10-8-22)11-14-15(17(24)26-2)16(21-18(25)20-14)12-3-5-13(19)6-4-12/h3-6,16H,7-11H2,1-2H3,(H2,20,21,25)/p+2/t16-/m0/s1. The van der Waals surface area contributed by atoms with Crippen molar-refractivity contribution in [3.05, 3.63) is 46.1 Å². The first-order chi connectivity index (χ1) is 12.5. The summed E-state index contributed by atoms with van der Waals surface area (Å²) in [5.41, 5.74) is 1.88. The fourth-order valence-corrected chi connectivity index (χ4v) is 3.60. The van der Waals surface area contributed by atoms with Crippen LogP contribution in [-0.2, 0) is 9.53 Å². The van der Waals surface area contributed by atoms with Gasteiger partial charge in [-0.05, 0) is 17.7 Å². The van der Waals surface area contributed by atoms with Crippen LogP contribution in [0.3, 0.4) is 0 Å². The summed E-state index contributed by atoms with van der Waals surface area (Å²) in [5, 5.41) is 6.25. The number of piperazine rings is 1. The number of nitrogens with one attached hydrogen (secondary N) is 4. The highest BCUT2D eigenvalue weighted by molar-refractivity contribution is 6.30. The Hall–Kier alpha value is -2.09. The molecule has 2 aliphatic heterocycles. The molecule has 8 heteroatoms. The molecule has 26 heavy (non-hydrogen) atoms. The van der Waals surface area contributed by atoms with Crippen LogP contribution in [0.4, 0.5) is 4.79 Å². The molecule has 3 rings (SSSR count). The first-order valence-electron chi connectivity index (χ1n) is 8.77. The van der Waals surface area contributed by atoms with Gasteiger partial charge >= 0.3 is 12.0 Å². The van der Waals surface area contributed by atoms with Gasteiger partial charge in [-0.15, -0.1) is 0 Å². The highest BCUT2D eigenvalue weighted by Gasteiger charge is 2.35. The molecule has 0 radical (unpaired) electrons. The molecule has 2 heterocycles. The van der Waals surface area contributed by atoms with E-state index in [1.807, 2.05) is 12.1 Å². The first-order valence-corrected chi connectivity index (χ1v) is 9.15. The van der Waals surface area contributed by atoms with Crippen molar-refractivity contribution in [1.82, 2.24) is 10.6 Å². The van der Waals surface area contributed by atoms with Gasteiger partial charge in [0.15, 0.2) is 0 Å². The number of quaternary nitrogens is 2. The molecule has 0 spiro atoms. The Morgan fingerprint density at radius 1 is 1.23 bits per heavy atom. The summed E-state index contributed by atoms with van der Waals surface area (Å²) < 4.78 is 5.01. The summed E-state index contributed by atoms with van der Waals surface area (Å²) in [7, 11) is 3.53. The maximum atomic E-state index is 12.5. The molecule has 2 aliphatic rings. The number of amides is 2. The van der Waals surface area contributed by atoms with Gasteiger partial charge in [0.25, 0.3) is 0 Å². The monoisotopic (exact) mass is 380 g/mol. The Bertz CT molecular complexity index is 712. The Morgan fingerprint density at radius 2 is 1.88 bits per heavy atom. The molecular weight excluding hydrogens is 356 g/mol. The van der Waals surface area contributed by atoms with E-state index in [0.29, 0.717) is 22.8 Å². The van der Waals surface area contributed by atoms with Crippen molar-refractivity contribution in [1.29, 1.82) is 0 Å². The van der Waals surface area contributed by atoms with Crippen LogP contribution < -0.4 is 20.4 Å². The molecule has 1 saturated heterocycles. The molecule has 140 valence electrons. The van der Waals surface area contributed by atoms with Gasteiger partial charge in [0.2, 0.25) is 0 Å². The summed E-state index contributed by atoms with van der Waals surface area (Å²) in [5.74, 6) is -0.438. The van der Waals surface area contributed by atoms with Crippen LogP contribution in [0.5, 0.6) is 0 Å². The molecule has 0 bridgehead atoms. The Labute approximate surface area is 157 Å². The summed E-state index contributed by atoms with van der Waals surface area (Å²) in [4.78, 5) is 27.6. The van der Waals surface area contributed by atoms with E-state index in [2.05, 4.69) is 17.7 Å². The fraction of sp³-hybridized carbons (Fsp3) is 0.444. The van der Waals surface area contributed by atoms with Crippen molar-refractivity contribution in [3.63, 3.8) is 0 Å². The minimum atomic E-state index is -0.555. The van der Waals surface area contributed by atoms with E-state index < -0.39 is 12.0 Å². The van der Waals surface area contributed by atoms with Gasteiger partial charge in [-0.3, -0.25) is 0 Å². The smallest absolute Gasteiger partial charge is 0.338 e. The van der Waals surface area contributed by atoms with E-state index in [0.717, 1.165) is 31.7 Å². The van der Waals surface area contributed by atoms with Crippen LogP contribution in [0.15, 0.2) is 35.5 Å². The summed E-state index contributed by atoms with van der Waals surface area (Å²) in [6.45, 7) is 4.73. The topological polar surface area (TPSA) is 76.3 Å². The van der Waals surface area contributed by atoms with E-state index in [4.69, 9.17) is 16.3 Å². The van der Waals surface area contributed by atoms with Gasteiger partial charge in [0.1, 0.15) is 32.7 Å². The van der Waals surface area contributed by atoms with Crippen molar-refractivity contribution in [3.8, 4) is 0 Å². The Morgan fingerprint density at radius 3 is 2.50 bits per heavy atom. The number of rotatable bonds is 4. The fourth-order valence-electron chi connectivity index (χ4n) is 3.47. The predicted molar refractivity (Wildman–Crippen MR) is 97.1 cm³/mol. The molecular formula is C18H25ClN4O3+2. The number of carbonyl (C=O) groups is 2. The molecule has 0 aliphatic carbocycles. The molecule has 2 amide bonds. The summed E-state index contributed by atoms with van der Waals surface area (Å²) in [6.07, 6.45) is 0. The highest BCUT2D eigenvalue weighted by atomic mass is 35.5. The number of likely N-dealkylation sites (N-methyl/N-ethyl adjacent to an activating group) is 1. The third kappa shape index (κ3) is 4.17. The number of benzene rings is 1. The zero-order chi connectivity index (χ0) is 18.7. The second-order valence-electron chi connectivity index (χ2n) is 6.85. The minimum Gasteiger partial charge on any atom is -0.466 e. The number of urea groups is 1. The number of halogens is 1. The van der Waals surface area contributed by atoms with E-state index >= 15 is 0 Å². The van der Waals surface area contributed by atoms with Crippen molar-refractivity contribution in [2.24, 2.45) is 0 Å². The van der Waals surface area contributed by atoms with Crippen LogP contribution in [-0.4, -0.2) is 58.9 Å². The number of ether oxygens (including phenoxy) is 1. The van der Waals surface area contributed by atoms with Crippen molar-refractivity contribution >= 4 is 23.6 Å². The minimum absolute atomic E-state index is 0.313. The molecule has 1 aromatic rings. The van der Waals surface area contributed by atoms with Gasteiger partial charge in [-0.1, -0.05) is 23.7 Å². The molecule has 0 unspecified atom stereocenters. The van der Waals surface area contributed by atoms with Crippen LogP contribution >= 0.6 is 11.6 Å². The average Bonchev–Trinajstić information content (AvgIpc) is 2.63. The third-order valence-electron chi connectivity index (χ3n) is 5.00. The largest absolute Gasteiger partial charge is 0.466 e. The molecule has 4 N–H and O–H groups in total. The van der Waals surface area contributed by atoms with E-state index in [-0.39, 0.29) is 6.03 Å². The second-order valence-corrected chi connectivity index (χ2v) is 7.29. The van der Waals surface area contributed by atoms with Gasteiger partial charge in [0.05, 0.1) is 31.5 Å². The van der Waals surface area contributed by atoms with Crippen LogP contribution in [0.25, 0.3) is 0 Å². The molecule has 1 atom stereocenters. The number of hydrogen-bond acceptors (Lipinski definition) is 3. The van der Waals surface area contributed by atoms with Gasteiger partial charge in [-0.25, -0.2) is 9.59 Å². The lowest BCUT2D eigenvalue weighted by atomic mass is 9.95. The SMILES string of the molecule is COC(=O)C1=C(C[NH+]2CC[NH+](C)CC2)NC(=O)N[C@H]1c1ccc(Cl)cc1. The first kappa shape index (κ1) is 18.7. The summed E-state index contributed by atoms with van der Waals surface area (Å²) >= 11 is 5.97. The van der Waals surface area contributed by atoms with Gasteiger partial charge in [0, 0.05) is 5.02 Å². The number of hydrogen-bond donors (Lipinski definition) is 4. The Balaban J connectivity index is 1.93. The summed E-state index contributed by atoms with van der Waals surface area (Å²) in [6, 6.07) is 6.24. The Kier molecular flexibility index (Phi) is 5.80. The predicted octanol–water partition coefficient (Wildman–Crippen LogP) is -1.47. The molecule has 7 nitrogen and oxygen atoms in total. The third-order valence-corrected chi connectivity index (χ3v) is 5.25. The van der Waals surface area contributed by atoms with Crippen LogP contribution in [0, 0.1) is 0 Å². The highest BCUT2D eigenvalue weighted by Crippen LogP contribution is 2.28.